The largest absolute Gasteiger partial charge is 0.496 e. The lowest BCUT2D eigenvalue weighted by Gasteiger charge is -2.13. The van der Waals surface area contributed by atoms with Gasteiger partial charge in [-0.05, 0) is 60.2 Å². The van der Waals surface area contributed by atoms with Gasteiger partial charge < -0.3 is 19.3 Å². The van der Waals surface area contributed by atoms with Gasteiger partial charge in [-0.3, -0.25) is 4.79 Å². The zero-order chi connectivity index (χ0) is 20.9. The minimum Gasteiger partial charge on any atom is -0.496 e. The van der Waals surface area contributed by atoms with E-state index >= 15 is 0 Å². The number of para-hydroxylation sites is 1. The molecule has 0 radical (unpaired) electrons. The summed E-state index contributed by atoms with van der Waals surface area (Å²) in [6.07, 6.45) is 2.29. The number of rotatable bonds is 9. The molecule has 5 heteroatoms. The molecule has 0 atom stereocenters. The summed E-state index contributed by atoms with van der Waals surface area (Å²) in [5, 5.41) is 9.18. The van der Waals surface area contributed by atoms with E-state index in [1.54, 1.807) is 19.2 Å². The van der Waals surface area contributed by atoms with Crippen molar-refractivity contribution < 1.29 is 24.1 Å². The third-order valence-electron chi connectivity index (χ3n) is 4.97. The minimum atomic E-state index is -0.890. The van der Waals surface area contributed by atoms with Crippen LogP contribution in [0.3, 0.4) is 0 Å². The second-order valence-electron chi connectivity index (χ2n) is 7.47. The monoisotopic (exact) mass is 404 g/mol. The van der Waals surface area contributed by atoms with E-state index in [0.29, 0.717) is 35.3 Å². The van der Waals surface area contributed by atoms with Crippen molar-refractivity contribution in [2.75, 3.05) is 13.7 Å². The molecule has 154 valence electrons. The fourth-order valence-electron chi connectivity index (χ4n) is 3.29. The van der Waals surface area contributed by atoms with Crippen LogP contribution in [-0.4, -0.2) is 24.8 Å². The first-order chi connectivity index (χ1) is 14.6. The predicted molar refractivity (Wildman–Crippen MR) is 115 cm³/mol. The van der Waals surface area contributed by atoms with Crippen molar-refractivity contribution in [2.24, 2.45) is 5.92 Å². The van der Waals surface area contributed by atoms with Crippen molar-refractivity contribution in [1.29, 1.82) is 0 Å². The van der Waals surface area contributed by atoms with Gasteiger partial charge in [0.25, 0.3) is 0 Å². The number of carboxylic acids is 1. The molecule has 0 bridgehead atoms. The zero-order valence-electron chi connectivity index (χ0n) is 16.8. The average Bonchev–Trinajstić information content (AvgIpc) is 3.56. The first-order valence-corrected chi connectivity index (χ1v) is 10.0. The van der Waals surface area contributed by atoms with Crippen molar-refractivity contribution in [3.05, 3.63) is 72.3 Å². The molecule has 30 heavy (non-hydrogen) atoms. The van der Waals surface area contributed by atoms with Crippen LogP contribution in [0.25, 0.3) is 11.1 Å². The van der Waals surface area contributed by atoms with Crippen molar-refractivity contribution in [1.82, 2.24) is 0 Å². The summed E-state index contributed by atoms with van der Waals surface area (Å²) in [7, 11) is 1.65. The summed E-state index contributed by atoms with van der Waals surface area (Å²) < 4.78 is 17.4. The van der Waals surface area contributed by atoms with E-state index in [0.717, 1.165) is 16.9 Å². The fraction of sp³-hybridized carbons (Fsp3) is 0.240. The van der Waals surface area contributed by atoms with Crippen LogP contribution in [0.2, 0.25) is 0 Å². The summed E-state index contributed by atoms with van der Waals surface area (Å²) in [6, 6.07) is 20.9. The number of benzene rings is 3. The smallest absolute Gasteiger partial charge is 0.307 e. The number of methoxy groups -OCH3 is 1. The van der Waals surface area contributed by atoms with Gasteiger partial charge in [0.2, 0.25) is 0 Å². The molecule has 3 aromatic carbocycles. The van der Waals surface area contributed by atoms with Crippen LogP contribution in [0.5, 0.6) is 23.0 Å². The molecule has 1 saturated carbocycles. The zero-order valence-corrected chi connectivity index (χ0v) is 16.8. The van der Waals surface area contributed by atoms with E-state index in [2.05, 4.69) is 0 Å². The lowest BCUT2D eigenvalue weighted by molar-refractivity contribution is -0.136. The Kier molecular flexibility index (Phi) is 5.89. The van der Waals surface area contributed by atoms with E-state index in [1.807, 2.05) is 54.6 Å². The quantitative estimate of drug-likeness (QED) is 0.505. The number of carbonyl (C=O) groups is 1. The van der Waals surface area contributed by atoms with E-state index in [-0.39, 0.29) is 6.42 Å². The summed E-state index contributed by atoms with van der Waals surface area (Å²) in [5.74, 6) is 2.34. The highest BCUT2D eigenvalue weighted by Gasteiger charge is 2.22. The molecule has 0 saturated heterocycles. The molecule has 1 N–H and O–H groups in total. The molecule has 0 aromatic heterocycles. The van der Waals surface area contributed by atoms with Crippen LogP contribution in [0.4, 0.5) is 0 Å². The molecule has 4 rings (SSSR count). The van der Waals surface area contributed by atoms with E-state index in [1.165, 1.54) is 12.8 Å². The van der Waals surface area contributed by atoms with Gasteiger partial charge in [-0.15, -0.1) is 0 Å². The second-order valence-corrected chi connectivity index (χ2v) is 7.47. The van der Waals surface area contributed by atoms with Crippen molar-refractivity contribution >= 4 is 5.97 Å². The number of ether oxygens (including phenoxy) is 3. The lowest BCUT2D eigenvalue weighted by Crippen LogP contribution is -2.03. The van der Waals surface area contributed by atoms with Gasteiger partial charge in [-0.2, -0.15) is 0 Å². The van der Waals surface area contributed by atoms with Gasteiger partial charge in [0.05, 0.1) is 20.1 Å². The highest BCUT2D eigenvalue weighted by Crippen LogP contribution is 2.35. The Labute approximate surface area is 175 Å². The van der Waals surface area contributed by atoms with Gasteiger partial charge in [-0.1, -0.05) is 30.3 Å². The molecule has 0 aliphatic heterocycles. The maximum atomic E-state index is 11.2. The second kappa shape index (κ2) is 8.91. The van der Waals surface area contributed by atoms with Gasteiger partial charge in [-0.25, -0.2) is 0 Å². The molecule has 0 spiro atoms. The highest BCUT2D eigenvalue weighted by atomic mass is 16.5. The molecule has 1 aliphatic carbocycles. The summed E-state index contributed by atoms with van der Waals surface area (Å²) >= 11 is 0. The fourth-order valence-corrected chi connectivity index (χ4v) is 3.29. The Bertz CT molecular complexity index is 1040. The third kappa shape index (κ3) is 5.11. The Hall–Kier alpha value is -3.47. The van der Waals surface area contributed by atoms with Crippen LogP contribution in [-0.2, 0) is 11.2 Å². The van der Waals surface area contributed by atoms with E-state index < -0.39 is 5.97 Å². The first kappa shape index (κ1) is 19.8. The Morgan fingerprint density at radius 3 is 2.53 bits per heavy atom. The molecular formula is C25H24O5. The first-order valence-electron chi connectivity index (χ1n) is 10.0. The van der Waals surface area contributed by atoms with Crippen LogP contribution < -0.4 is 14.2 Å². The van der Waals surface area contributed by atoms with Crippen molar-refractivity contribution in [3.8, 4) is 34.1 Å². The predicted octanol–water partition coefficient (Wildman–Crippen LogP) is 5.57. The van der Waals surface area contributed by atoms with Gasteiger partial charge >= 0.3 is 5.97 Å². The van der Waals surface area contributed by atoms with Crippen LogP contribution in [0.1, 0.15) is 18.4 Å². The standard InChI is InChI=1S/C25H24O5/c1-28-24-8-3-2-7-23(24)19-5-4-6-20(14-19)30-22-12-18(13-25(26)27)11-21(15-22)29-16-17-9-10-17/h2-8,11-12,14-15,17H,9-10,13,16H2,1H3,(H,26,27). The molecular weight excluding hydrogens is 380 g/mol. The molecule has 1 fully saturated rings. The molecule has 0 unspecified atom stereocenters. The maximum absolute atomic E-state index is 11.2. The Balaban J connectivity index is 1.59. The highest BCUT2D eigenvalue weighted by molar-refractivity contribution is 5.72. The van der Waals surface area contributed by atoms with Gasteiger partial charge in [0, 0.05) is 11.6 Å². The van der Waals surface area contributed by atoms with Gasteiger partial charge in [0.15, 0.2) is 0 Å². The van der Waals surface area contributed by atoms with Crippen molar-refractivity contribution in [2.45, 2.75) is 19.3 Å². The lowest BCUT2D eigenvalue weighted by atomic mass is 10.0. The minimum absolute atomic E-state index is 0.0851. The van der Waals surface area contributed by atoms with Crippen molar-refractivity contribution in [3.63, 3.8) is 0 Å². The van der Waals surface area contributed by atoms with Gasteiger partial charge in [0.1, 0.15) is 23.0 Å². The topological polar surface area (TPSA) is 65.0 Å². The number of aliphatic carboxylic acids is 1. The molecule has 3 aromatic rings. The summed E-state index contributed by atoms with van der Waals surface area (Å²) in [5.41, 5.74) is 2.59. The third-order valence-corrected chi connectivity index (χ3v) is 4.97. The molecule has 0 amide bonds. The maximum Gasteiger partial charge on any atom is 0.307 e. The van der Waals surface area contributed by atoms with E-state index in [9.17, 15) is 9.90 Å². The van der Waals surface area contributed by atoms with Crippen LogP contribution in [0, 0.1) is 5.92 Å². The Morgan fingerprint density at radius 1 is 0.967 bits per heavy atom. The molecule has 0 heterocycles. The number of hydrogen-bond acceptors (Lipinski definition) is 4. The number of carboxylic acid groups (broad SMARTS) is 1. The summed E-state index contributed by atoms with van der Waals surface area (Å²) in [4.78, 5) is 11.2. The SMILES string of the molecule is COc1ccccc1-c1cccc(Oc2cc(CC(=O)O)cc(OCC3CC3)c2)c1. The summed E-state index contributed by atoms with van der Waals surface area (Å²) in [6.45, 7) is 0.652. The normalized spacial score (nSPS) is 13.0. The molecule has 1 aliphatic rings. The number of hydrogen-bond donors (Lipinski definition) is 1. The Morgan fingerprint density at radius 2 is 1.77 bits per heavy atom. The average molecular weight is 404 g/mol. The van der Waals surface area contributed by atoms with Crippen LogP contribution >= 0.6 is 0 Å². The molecule has 5 nitrogen and oxygen atoms in total. The van der Waals surface area contributed by atoms with Crippen LogP contribution in [0.15, 0.2) is 66.7 Å². The van der Waals surface area contributed by atoms with E-state index in [4.69, 9.17) is 14.2 Å².